The number of aromatic nitrogens is 5. The number of alkyl halides is 2. The van der Waals surface area contributed by atoms with Crippen molar-refractivity contribution in [1.82, 2.24) is 44.5 Å². The minimum Gasteiger partial charge on any atom is -0.368 e. The zero-order valence-corrected chi connectivity index (χ0v) is 25.1. The first-order valence-electron chi connectivity index (χ1n) is 14.2. The fourth-order valence-corrected chi connectivity index (χ4v) is 5.06. The Morgan fingerprint density at radius 1 is 0.955 bits per heavy atom. The fraction of sp³-hybridized carbons (Fsp3) is 0.556. The van der Waals surface area contributed by atoms with E-state index in [0.717, 1.165) is 6.20 Å². The van der Waals surface area contributed by atoms with Gasteiger partial charge >= 0.3 is 0 Å². The molecule has 0 bridgehead atoms. The van der Waals surface area contributed by atoms with Crippen LogP contribution in [0, 0.1) is 5.92 Å². The number of amides is 3. The molecule has 0 radical (unpaired) electrons. The minimum atomic E-state index is -2.94. The van der Waals surface area contributed by atoms with Crippen LogP contribution in [0.4, 0.5) is 26.6 Å². The molecule has 2 aliphatic rings. The first-order valence-corrected chi connectivity index (χ1v) is 14.2. The van der Waals surface area contributed by atoms with Gasteiger partial charge in [-0.1, -0.05) is 6.08 Å². The van der Waals surface area contributed by atoms with Crippen molar-refractivity contribution in [2.45, 2.75) is 19.3 Å². The van der Waals surface area contributed by atoms with Crippen LogP contribution >= 0.6 is 0 Å². The summed E-state index contributed by atoms with van der Waals surface area (Å²) in [4.78, 5) is 66.9. The smallest absolute Gasteiger partial charge is 0.281 e. The van der Waals surface area contributed by atoms with Crippen molar-refractivity contribution >= 4 is 35.6 Å². The van der Waals surface area contributed by atoms with Crippen molar-refractivity contribution in [1.29, 1.82) is 0 Å². The topological polar surface area (TPSA) is 184 Å². The van der Waals surface area contributed by atoms with Gasteiger partial charge in [-0.05, 0) is 26.9 Å². The number of anilines is 3. The number of hydrogen-bond acceptors (Lipinski definition) is 12. The second-order valence-corrected chi connectivity index (χ2v) is 11.0. The van der Waals surface area contributed by atoms with Crippen molar-refractivity contribution < 1.29 is 23.2 Å². The van der Waals surface area contributed by atoms with Crippen LogP contribution in [0.5, 0.6) is 0 Å². The third-order valence-electron chi connectivity index (χ3n) is 7.48. The van der Waals surface area contributed by atoms with Gasteiger partial charge < -0.3 is 36.0 Å². The van der Waals surface area contributed by atoms with E-state index >= 15 is 0 Å². The molecule has 2 aromatic heterocycles. The van der Waals surface area contributed by atoms with Gasteiger partial charge in [0.25, 0.3) is 6.43 Å². The normalized spacial score (nSPS) is 16.3. The zero-order valence-electron chi connectivity index (χ0n) is 25.1. The molecule has 0 aliphatic carbocycles. The van der Waals surface area contributed by atoms with Crippen molar-refractivity contribution in [3.63, 3.8) is 0 Å². The van der Waals surface area contributed by atoms with E-state index in [9.17, 15) is 23.2 Å². The molecule has 0 unspecified atom stereocenters. The number of likely N-dealkylation sites (N-methyl/N-ethyl adjacent to an activating group) is 2. The summed E-state index contributed by atoms with van der Waals surface area (Å²) in [5.74, 6) is -1.05. The molecule has 44 heavy (non-hydrogen) atoms. The SMILES string of the molecule is CN(C)C/C=C/C(=O)N1CCC(C(=O)N(C)CC(=O)N2CCN(c3nc(N)nc(-c4cnc(N)nc4C(F)F)n3)CC2)CC1. The monoisotopic (exact) mass is 616 g/mol. The second kappa shape index (κ2) is 14.3. The highest BCUT2D eigenvalue weighted by atomic mass is 19.3. The number of piperazine rings is 1. The van der Waals surface area contributed by atoms with Gasteiger partial charge in [-0.3, -0.25) is 14.4 Å². The Balaban J connectivity index is 1.29. The predicted molar refractivity (Wildman–Crippen MR) is 158 cm³/mol. The van der Waals surface area contributed by atoms with Crippen LogP contribution in [0.1, 0.15) is 25.0 Å². The zero-order chi connectivity index (χ0) is 32.0. The molecule has 2 aromatic rings. The molecular formula is C27H38F2N12O3. The molecule has 2 fully saturated rings. The number of piperidine rings is 1. The van der Waals surface area contributed by atoms with Crippen molar-refractivity contribution in [2.24, 2.45) is 5.92 Å². The molecule has 238 valence electrons. The number of carbonyl (C=O) groups is 3. The lowest BCUT2D eigenvalue weighted by molar-refractivity contribution is -0.143. The largest absolute Gasteiger partial charge is 0.368 e. The maximum absolute atomic E-state index is 13.6. The van der Waals surface area contributed by atoms with E-state index in [1.54, 1.807) is 27.8 Å². The van der Waals surface area contributed by atoms with Gasteiger partial charge in [0.1, 0.15) is 5.69 Å². The standard InChI is InChI=1S/C27H38F2N12O3/c1-37(2)8-4-5-19(42)39-9-6-17(7-10-39)24(44)38(3)16-20(43)40-11-13-41(14-12-40)27-35-23(34-26(31)36-27)18-15-32-25(30)33-21(18)22(28)29/h4-5,15,17,22H,6-14,16H2,1-3H3,(H2,30,32,33)(H2,31,34,35,36)/b5-4+. The summed E-state index contributed by atoms with van der Waals surface area (Å²) in [7, 11) is 5.46. The van der Waals surface area contributed by atoms with Crippen LogP contribution in [0.2, 0.25) is 0 Å². The second-order valence-electron chi connectivity index (χ2n) is 11.0. The Kier molecular flexibility index (Phi) is 10.5. The molecule has 0 spiro atoms. The summed E-state index contributed by atoms with van der Waals surface area (Å²) in [5.41, 5.74) is 10.6. The van der Waals surface area contributed by atoms with Crippen LogP contribution in [0.25, 0.3) is 11.4 Å². The Labute approximate surface area is 253 Å². The number of likely N-dealkylation sites (tertiary alicyclic amines) is 1. The van der Waals surface area contributed by atoms with Crippen LogP contribution in [0.15, 0.2) is 18.3 Å². The van der Waals surface area contributed by atoms with E-state index < -0.39 is 12.1 Å². The highest BCUT2D eigenvalue weighted by molar-refractivity contribution is 5.88. The third-order valence-corrected chi connectivity index (χ3v) is 7.48. The molecule has 17 heteroatoms. The lowest BCUT2D eigenvalue weighted by Gasteiger charge is -2.36. The number of carbonyl (C=O) groups excluding carboxylic acids is 3. The van der Waals surface area contributed by atoms with E-state index in [1.165, 1.54) is 4.90 Å². The fourth-order valence-electron chi connectivity index (χ4n) is 5.06. The van der Waals surface area contributed by atoms with Crippen LogP contribution in [-0.4, -0.2) is 136 Å². The highest BCUT2D eigenvalue weighted by Gasteiger charge is 2.31. The maximum Gasteiger partial charge on any atom is 0.281 e. The minimum absolute atomic E-state index is 0.0614. The average Bonchev–Trinajstić information content (AvgIpc) is 3.00. The quantitative estimate of drug-likeness (QED) is 0.357. The van der Waals surface area contributed by atoms with Gasteiger partial charge in [0.2, 0.25) is 35.6 Å². The van der Waals surface area contributed by atoms with E-state index in [4.69, 9.17) is 11.5 Å². The van der Waals surface area contributed by atoms with Crippen molar-refractivity contribution in [3.8, 4) is 11.4 Å². The Morgan fingerprint density at radius 3 is 2.27 bits per heavy atom. The number of nitrogen functional groups attached to an aromatic ring is 2. The summed E-state index contributed by atoms with van der Waals surface area (Å²) in [6.07, 6.45) is 2.65. The molecule has 0 aromatic carbocycles. The molecule has 15 nitrogen and oxygen atoms in total. The third kappa shape index (κ3) is 8.09. The molecule has 0 atom stereocenters. The average molecular weight is 617 g/mol. The Morgan fingerprint density at radius 2 is 1.64 bits per heavy atom. The van der Waals surface area contributed by atoms with Gasteiger partial charge in [-0.2, -0.15) is 15.0 Å². The summed E-state index contributed by atoms with van der Waals surface area (Å²) in [6.45, 7) is 2.94. The molecule has 0 saturated carbocycles. The van der Waals surface area contributed by atoms with Crippen LogP contribution in [-0.2, 0) is 14.4 Å². The van der Waals surface area contributed by atoms with Crippen molar-refractivity contribution in [2.75, 3.05) is 89.9 Å². The molecule has 4 rings (SSSR count). The summed E-state index contributed by atoms with van der Waals surface area (Å²) in [6, 6.07) is 0. The summed E-state index contributed by atoms with van der Waals surface area (Å²) >= 11 is 0. The Hall–Kier alpha value is -4.54. The first-order chi connectivity index (χ1) is 20.9. The van der Waals surface area contributed by atoms with Crippen LogP contribution < -0.4 is 16.4 Å². The van der Waals surface area contributed by atoms with E-state index in [1.807, 2.05) is 25.1 Å². The lowest BCUT2D eigenvalue weighted by Crippen LogP contribution is -2.52. The molecule has 3 amide bonds. The molecule has 2 saturated heterocycles. The van der Waals surface area contributed by atoms with Gasteiger partial charge in [0.05, 0.1) is 12.1 Å². The molecule has 2 aliphatic heterocycles. The lowest BCUT2D eigenvalue weighted by atomic mass is 9.95. The van der Waals surface area contributed by atoms with E-state index in [-0.39, 0.29) is 59.4 Å². The Bertz CT molecular complexity index is 1380. The number of nitrogens with two attached hydrogens (primary N) is 2. The number of rotatable bonds is 9. The molecular weight excluding hydrogens is 578 g/mol. The van der Waals surface area contributed by atoms with Gasteiger partial charge in [0.15, 0.2) is 5.82 Å². The van der Waals surface area contributed by atoms with Gasteiger partial charge in [-0.25, -0.2) is 18.7 Å². The first kappa shape index (κ1) is 32.4. The van der Waals surface area contributed by atoms with E-state index in [0.29, 0.717) is 58.7 Å². The summed E-state index contributed by atoms with van der Waals surface area (Å²) in [5, 5.41) is 0. The summed E-state index contributed by atoms with van der Waals surface area (Å²) < 4.78 is 27.2. The maximum atomic E-state index is 13.6. The van der Waals surface area contributed by atoms with Gasteiger partial charge in [-0.15, -0.1) is 0 Å². The number of halogens is 2. The van der Waals surface area contributed by atoms with Gasteiger partial charge in [0, 0.05) is 71.1 Å². The molecule has 4 heterocycles. The molecule has 4 N–H and O–H groups in total. The van der Waals surface area contributed by atoms with Crippen molar-refractivity contribution in [3.05, 3.63) is 24.0 Å². The van der Waals surface area contributed by atoms with Crippen LogP contribution in [0.3, 0.4) is 0 Å². The van der Waals surface area contributed by atoms with E-state index in [2.05, 4.69) is 24.9 Å². The number of hydrogen-bond donors (Lipinski definition) is 2. The predicted octanol–water partition coefficient (Wildman–Crippen LogP) is -0.106. The highest BCUT2D eigenvalue weighted by Crippen LogP contribution is 2.29. The number of nitrogens with zero attached hydrogens (tertiary/aromatic N) is 10.